The fourth-order valence-electron chi connectivity index (χ4n) is 1.71. The molecule has 21 heavy (non-hydrogen) atoms. The van der Waals surface area contributed by atoms with E-state index in [-0.39, 0.29) is 12.3 Å². The van der Waals surface area contributed by atoms with Gasteiger partial charge in [-0.25, -0.2) is 4.98 Å². The number of hydrogen-bond acceptors (Lipinski definition) is 6. The van der Waals surface area contributed by atoms with Crippen molar-refractivity contribution < 1.29 is 24.2 Å². The van der Waals surface area contributed by atoms with E-state index < -0.39 is 0 Å². The molecule has 0 fully saturated rings. The Morgan fingerprint density at radius 1 is 1.38 bits per heavy atom. The number of thiophene rings is 1. The second-order valence-corrected chi connectivity index (χ2v) is 5.06. The third kappa shape index (κ3) is 4.16. The first kappa shape index (κ1) is 16.9. The van der Waals surface area contributed by atoms with Crippen LogP contribution >= 0.6 is 11.3 Å². The van der Waals surface area contributed by atoms with Crippen LogP contribution in [0.15, 0.2) is 12.1 Å². The monoisotopic (exact) mass is 311 g/mol. The van der Waals surface area contributed by atoms with Crippen molar-refractivity contribution in [3.05, 3.63) is 17.0 Å². The Balaban J connectivity index is 0.000000677. The quantitative estimate of drug-likeness (QED) is 0.675. The molecule has 0 amide bonds. The third-order valence-electron chi connectivity index (χ3n) is 2.60. The molecule has 0 radical (unpaired) electrons. The summed E-state index contributed by atoms with van der Waals surface area (Å²) in [6.07, 6.45) is 1.42. The second-order valence-electron chi connectivity index (χ2n) is 3.97. The van der Waals surface area contributed by atoms with Crippen LogP contribution in [0.5, 0.6) is 11.6 Å². The molecule has 7 heteroatoms. The van der Waals surface area contributed by atoms with Crippen molar-refractivity contribution in [2.24, 2.45) is 0 Å². The number of ether oxygens (including phenoxy) is 2. The van der Waals surface area contributed by atoms with Gasteiger partial charge in [-0.2, -0.15) is 0 Å². The second kappa shape index (κ2) is 8.21. The van der Waals surface area contributed by atoms with Crippen molar-refractivity contribution in [2.45, 2.75) is 19.8 Å². The lowest BCUT2D eigenvalue weighted by atomic mass is 10.2. The van der Waals surface area contributed by atoms with Crippen molar-refractivity contribution in [1.82, 2.24) is 4.98 Å². The Bertz CT molecular complexity index is 582. The standard InChI is InChI=1S/C13H15NO3S.CH2O2/c1-4-5-9(15)12-6-8-11(18-12)7-10(16-2)13(14-8)17-3;2-1-3/h6-7H,4-5H2,1-3H3;1H,(H,2,3). The normalized spacial score (nSPS) is 9.67. The maximum Gasteiger partial charge on any atom is 0.290 e. The number of nitrogens with zero attached hydrogens (tertiary/aromatic N) is 1. The molecule has 2 aromatic rings. The molecule has 0 aliphatic rings. The first-order chi connectivity index (χ1) is 10.1. The Morgan fingerprint density at radius 3 is 2.57 bits per heavy atom. The molecule has 0 saturated carbocycles. The molecule has 2 aromatic heterocycles. The van der Waals surface area contributed by atoms with E-state index in [0.29, 0.717) is 18.1 Å². The highest BCUT2D eigenvalue weighted by Gasteiger charge is 2.14. The molecule has 0 bridgehead atoms. The molecule has 0 spiro atoms. The van der Waals surface area contributed by atoms with Gasteiger partial charge in [-0.1, -0.05) is 6.92 Å². The minimum atomic E-state index is -0.250. The summed E-state index contributed by atoms with van der Waals surface area (Å²) in [6, 6.07) is 3.68. The molecule has 1 N–H and O–H groups in total. The van der Waals surface area contributed by atoms with Crippen molar-refractivity contribution in [3.63, 3.8) is 0 Å². The van der Waals surface area contributed by atoms with E-state index in [9.17, 15) is 4.79 Å². The van der Waals surface area contributed by atoms with Gasteiger partial charge in [0, 0.05) is 12.5 Å². The van der Waals surface area contributed by atoms with Gasteiger partial charge in [0.2, 0.25) is 0 Å². The number of hydrogen-bond donors (Lipinski definition) is 1. The molecule has 114 valence electrons. The lowest BCUT2D eigenvalue weighted by Crippen LogP contribution is -1.93. The largest absolute Gasteiger partial charge is 0.491 e. The highest BCUT2D eigenvalue weighted by atomic mass is 32.1. The van der Waals surface area contributed by atoms with Crippen molar-refractivity contribution >= 4 is 33.8 Å². The fourth-order valence-corrected chi connectivity index (χ4v) is 2.71. The number of aromatic nitrogens is 1. The van der Waals surface area contributed by atoms with Crippen LogP contribution in [0.2, 0.25) is 0 Å². The first-order valence-electron chi connectivity index (χ1n) is 6.24. The number of rotatable bonds is 5. The molecule has 2 heterocycles. The molecule has 0 saturated heterocycles. The predicted molar refractivity (Wildman–Crippen MR) is 80.7 cm³/mol. The van der Waals surface area contributed by atoms with Gasteiger partial charge in [-0.3, -0.25) is 9.59 Å². The summed E-state index contributed by atoms with van der Waals surface area (Å²) in [5.74, 6) is 1.19. The lowest BCUT2D eigenvalue weighted by molar-refractivity contribution is -0.122. The number of methoxy groups -OCH3 is 2. The number of pyridine rings is 1. The number of carbonyl (C=O) groups is 2. The van der Waals surface area contributed by atoms with Gasteiger partial charge in [-0.05, 0) is 12.5 Å². The zero-order chi connectivity index (χ0) is 15.8. The van der Waals surface area contributed by atoms with Gasteiger partial charge >= 0.3 is 0 Å². The molecule has 0 aliphatic heterocycles. The van der Waals surface area contributed by atoms with E-state index in [1.807, 2.05) is 19.1 Å². The molecule has 2 rings (SSSR count). The van der Waals surface area contributed by atoms with Crippen LogP contribution < -0.4 is 9.47 Å². The topological polar surface area (TPSA) is 85.7 Å². The first-order valence-corrected chi connectivity index (χ1v) is 7.06. The number of Topliss-reactive ketones (excluding diaryl/α,β-unsaturated/α-hetero) is 1. The van der Waals surface area contributed by atoms with Crippen LogP contribution in [-0.2, 0) is 4.79 Å². The smallest absolute Gasteiger partial charge is 0.290 e. The zero-order valence-corrected chi connectivity index (χ0v) is 12.9. The van der Waals surface area contributed by atoms with Crippen molar-refractivity contribution in [1.29, 1.82) is 0 Å². The lowest BCUT2D eigenvalue weighted by Gasteiger charge is -2.05. The Labute approximate surface area is 126 Å². The third-order valence-corrected chi connectivity index (χ3v) is 3.71. The molecular formula is C14H17NO5S. The van der Waals surface area contributed by atoms with E-state index in [2.05, 4.69) is 4.98 Å². The van der Waals surface area contributed by atoms with Gasteiger partial charge in [0.1, 0.15) is 0 Å². The van der Waals surface area contributed by atoms with E-state index in [1.165, 1.54) is 11.3 Å². The minimum absolute atomic E-state index is 0.165. The average molecular weight is 311 g/mol. The number of ketones is 1. The Morgan fingerprint density at radius 2 is 2.05 bits per heavy atom. The van der Waals surface area contributed by atoms with Crippen LogP contribution in [-0.4, -0.2) is 36.6 Å². The van der Waals surface area contributed by atoms with Crippen molar-refractivity contribution in [2.75, 3.05) is 14.2 Å². The van der Waals surface area contributed by atoms with Crippen LogP contribution in [0.3, 0.4) is 0 Å². The van der Waals surface area contributed by atoms with Gasteiger partial charge in [0.05, 0.1) is 29.3 Å². The number of carbonyl (C=O) groups excluding carboxylic acids is 1. The Hall–Kier alpha value is -2.15. The number of fused-ring (bicyclic) bond motifs is 1. The average Bonchev–Trinajstić information content (AvgIpc) is 2.89. The SMILES string of the molecule is CCCC(=O)c1cc2nc(OC)c(OC)cc2s1.O=CO. The van der Waals surface area contributed by atoms with E-state index in [1.54, 1.807) is 14.2 Å². The minimum Gasteiger partial charge on any atom is -0.491 e. The molecular weight excluding hydrogens is 294 g/mol. The molecule has 0 unspecified atom stereocenters. The molecule has 0 aromatic carbocycles. The van der Waals surface area contributed by atoms with Gasteiger partial charge in [0.15, 0.2) is 11.5 Å². The van der Waals surface area contributed by atoms with Crippen LogP contribution in [0.25, 0.3) is 10.2 Å². The van der Waals surface area contributed by atoms with Crippen LogP contribution in [0, 0.1) is 0 Å². The maximum absolute atomic E-state index is 11.8. The van der Waals surface area contributed by atoms with Gasteiger partial charge in [0.25, 0.3) is 12.4 Å². The summed E-state index contributed by atoms with van der Waals surface area (Å²) < 4.78 is 11.3. The Kier molecular flexibility index (Phi) is 6.61. The van der Waals surface area contributed by atoms with Gasteiger partial charge < -0.3 is 14.6 Å². The zero-order valence-electron chi connectivity index (χ0n) is 12.1. The molecule has 6 nitrogen and oxygen atoms in total. The van der Waals surface area contributed by atoms with Crippen molar-refractivity contribution in [3.8, 4) is 11.6 Å². The maximum atomic E-state index is 11.8. The van der Waals surface area contributed by atoms with E-state index >= 15 is 0 Å². The number of carboxylic acid groups (broad SMARTS) is 1. The fraction of sp³-hybridized carbons (Fsp3) is 0.357. The van der Waals surface area contributed by atoms with E-state index in [0.717, 1.165) is 21.5 Å². The van der Waals surface area contributed by atoms with E-state index in [4.69, 9.17) is 19.4 Å². The summed E-state index contributed by atoms with van der Waals surface area (Å²) in [5, 5.41) is 6.89. The molecule has 0 aliphatic carbocycles. The summed E-state index contributed by atoms with van der Waals surface area (Å²) in [5.41, 5.74) is 0.775. The van der Waals surface area contributed by atoms with Crippen LogP contribution in [0.4, 0.5) is 0 Å². The summed E-state index contributed by atoms with van der Waals surface area (Å²) in [7, 11) is 3.12. The van der Waals surface area contributed by atoms with Crippen LogP contribution in [0.1, 0.15) is 29.4 Å². The van der Waals surface area contributed by atoms with Gasteiger partial charge in [-0.15, -0.1) is 11.3 Å². The summed E-state index contributed by atoms with van der Waals surface area (Å²) in [6.45, 7) is 1.75. The highest BCUT2D eigenvalue weighted by Crippen LogP contribution is 2.33. The highest BCUT2D eigenvalue weighted by molar-refractivity contribution is 7.20. The summed E-state index contributed by atoms with van der Waals surface area (Å²) in [4.78, 5) is 25.3. The summed E-state index contributed by atoms with van der Waals surface area (Å²) >= 11 is 1.45. The molecule has 0 atom stereocenters. The predicted octanol–water partition coefficient (Wildman–Crippen LogP) is 3.00.